The summed E-state index contributed by atoms with van der Waals surface area (Å²) in [4.78, 5) is 14.6. The molecule has 1 atom stereocenters. The fourth-order valence-electron chi connectivity index (χ4n) is 3.41. The molecule has 1 amide bonds. The first kappa shape index (κ1) is 22.1. The van der Waals surface area contributed by atoms with E-state index in [2.05, 4.69) is 20.4 Å². The highest BCUT2D eigenvalue weighted by Gasteiger charge is 2.22. The van der Waals surface area contributed by atoms with Gasteiger partial charge in [0.25, 0.3) is 5.91 Å². The van der Waals surface area contributed by atoms with E-state index in [0.29, 0.717) is 22.3 Å². The minimum Gasteiger partial charge on any atom is -0.320 e. The maximum Gasteiger partial charge on any atom is 0.286 e. The summed E-state index contributed by atoms with van der Waals surface area (Å²) < 4.78 is 13.5. The molecule has 0 bridgehead atoms. The monoisotopic (exact) mass is 466 g/mol. The molecule has 4 aromatic rings. The number of carbonyl (C=O) groups is 1. The van der Waals surface area contributed by atoms with Crippen LogP contribution in [-0.4, -0.2) is 28.1 Å². The van der Waals surface area contributed by atoms with E-state index < -0.39 is 0 Å². The van der Waals surface area contributed by atoms with Gasteiger partial charge in [0.05, 0.1) is 12.6 Å². The first-order valence-corrected chi connectivity index (χ1v) is 11.1. The number of hydrogen-bond donors (Lipinski definition) is 1. The van der Waals surface area contributed by atoms with Crippen LogP contribution in [0, 0.1) is 5.82 Å². The minimum absolute atomic E-state index is 0.105. The predicted octanol–water partition coefficient (Wildman–Crippen LogP) is 5.80. The van der Waals surface area contributed by atoms with Gasteiger partial charge in [-0.2, -0.15) is 0 Å². The first-order valence-electron chi connectivity index (χ1n) is 9.89. The van der Waals surface area contributed by atoms with Crippen molar-refractivity contribution in [1.82, 2.24) is 15.1 Å². The van der Waals surface area contributed by atoms with E-state index in [9.17, 15) is 9.18 Å². The Balaban J connectivity index is 1.50. The number of aromatic nitrogens is 2. The SMILES string of the molecule is CN(Cc1nnc(C(=O)Nc2ccc(Cl)cc2)s1)C(c1ccccc1)c1ccc(F)cc1. The maximum atomic E-state index is 13.5. The fourth-order valence-corrected chi connectivity index (χ4v) is 4.34. The molecule has 1 heterocycles. The van der Waals surface area contributed by atoms with Crippen LogP contribution in [-0.2, 0) is 6.54 Å². The number of amides is 1. The quantitative estimate of drug-likeness (QED) is 0.373. The lowest BCUT2D eigenvalue weighted by molar-refractivity contribution is 0.102. The second kappa shape index (κ2) is 9.99. The van der Waals surface area contributed by atoms with Crippen molar-refractivity contribution in [3.05, 3.63) is 111 Å². The summed E-state index contributed by atoms with van der Waals surface area (Å²) >= 11 is 7.12. The van der Waals surface area contributed by atoms with Crippen LogP contribution in [0.25, 0.3) is 0 Å². The Kier molecular flexibility index (Phi) is 6.90. The fraction of sp³-hybridized carbons (Fsp3) is 0.125. The summed E-state index contributed by atoms with van der Waals surface area (Å²) in [7, 11) is 1.97. The van der Waals surface area contributed by atoms with Gasteiger partial charge in [-0.1, -0.05) is 65.4 Å². The lowest BCUT2D eigenvalue weighted by Gasteiger charge is -2.28. The highest BCUT2D eigenvalue weighted by Crippen LogP contribution is 2.29. The van der Waals surface area contributed by atoms with Gasteiger partial charge in [-0.25, -0.2) is 4.39 Å². The molecule has 1 unspecified atom stereocenters. The number of carbonyl (C=O) groups excluding carboxylic acids is 1. The lowest BCUT2D eigenvalue weighted by Crippen LogP contribution is -2.25. The van der Waals surface area contributed by atoms with E-state index in [-0.39, 0.29) is 22.8 Å². The molecule has 162 valence electrons. The minimum atomic E-state index is -0.322. The Bertz CT molecular complexity index is 1180. The highest BCUT2D eigenvalue weighted by molar-refractivity contribution is 7.13. The summed E-state index contributed by atoms with van der Waals surface area (Å²) in [5.41, 5.74) is 2.67. The van der Waals surface area contributed by atoms with Crippen molar-refractivity contribution in [2.45, 2.75) is 12.6 Å². The summed E-state index contributed by atoms with van der Waals surface area (Å²) in [5, 5.41) is 12.6. The third-order valence-corrected chi connectivity index (χ3v) is 6.05. The number of nitrogens with zero attached hydrogens (tertiary/aromatic N) is 3. The maximum absolute atomic E-state index is 13.5. The average Bonchev–Trinajstić information content (AvgIpc) is 3.26. The summed E-state index contributed by atoms with van der Waals surface area (Å²) in [6.45, 7) is 0.475. The molecular weight excluding hydrogens is 447 g/mol. The van der Waals surface area contributed by atoms with Gasteiger partial charge in [-0.05, 0) is 54.6 Å². The molecule has 0 radical (unpaired) electrons. The van der Waals surface area contributed by atoms with Crippen LogP contribution in [0.4, 0.5) is 10.1 Å². The Morgan fingerprint density at radius 1 is 1.00 bits per heavy atom. The molecule has 4 rings (SSSR count). The van der Waals surface area contributed by atoms with Gasteiger partial charge in [0.15, 0.2) is 0 Å². The van der Waals surface area contributed by atoms with Gasteiger partial charge in [-0.3, -0.25) is 9.69 Å². The van der Waals surface area contributed by atoms with Gasteiger partial charge in [0, 0.05) is 10.7 Å². The van der Waals surface area contributed by atoms with Crippen molar-refractivity contribution in [2.24, 2.45) is 0 Å². The average molecular weight is 467 g/mol. The zero-order chi connectivity index (χ0) is 22.5. The zero-order valence-corrected chi connectivity index (χ0v) is 18.8. The van der Waals surface area contributed by atoms with Crippen molar-refractivity contribution in [1.29, 1.82) is 0 Å². The molecule has 0 saturated carbocycles. The Hall–Kier alpha value is -3.13. The first-order chi connectivity index (χ1) is 15.5. The third kappa shape index (κ3) is 5.37. The molecule has 1 aromatic heterocycles. The molecule has 1 N–H and O–H groups in total. The van der Waals surface area contributed by atoms with E-state index in [1.54, 1.807) is 36.4 Å². The molecule has 0 spiro atoms. The lowest BCUT2D eigenvalue weighted by atomic mass is 9.97. The molecule has 0 aliphatic rings. The van der Waals surface area contributed by atoms with E-state index >= 15 is 0 Å². The van der Waals surface area contributed by atoms with Crippen molar-refractivity contribution in [2.75, 3.05) is 12.4 Å². The third-order valence-electron chi connectivity index (χ3n) is 4.89. The van der Waals surface area contributed by atoms with E-state index in [1.807, 2.05) is 37.4 Å². The van der Waals surface area contributed by atoms with Crippen LogP contribution >= 0.6 is 22.9 Å². The second-order valence-electron chi connectivity index (χ2n) is 7.24. The van der Waals surface area contributed by atoms with Gasteiger partial charge >= 0.3 is 0 Å². The van der Waals surface area contributed by atoms with Gasteiger partial charge < -0.3 is 5.32 Å². The van der Waals surface area contributed by atoms with Crippen LogP contribution in [0.5, 0.6) is 0 Å². The van der Waals surface area contributed by atoms with Gasteiger partial charge in [0.2, 0.25) is 5.01 Å². The van der Waals surface area contributed by atoms with Crippen LogP contribution in [0.1, 0.15) is 32.0 Å². The largest absolute Gasteiger partial charge is 0.320 e. The molecule has 0 fully saturated rings. The van der Waals surface area contributed by atoms with Crippen molar-refractivity contribution in [3.8, 4) is 0 Å². The van der Waals surface area contributed by atoms with Crippen LogP contribution in [0.2, 0.25) is 5.02 Å². The molecule has 32 heavy (non-hydrogen) atoms. The van der Waals surface area contributed by atoms with Crippen LogP contribution in [0.15, 0.2) is 78.9 Å². The number of rotatable bonds is 7. The summed E-state index contributed by atoms with van der Waals surface area (Å²) in [6.07, 6.45) is 0. The van der Waals surface area contributed by atoms with Crippen molar-refractivity contribution >= 4 is 34.5 Å². The van der Waals surface area contributed by atoms with Crippen molar-refractivity contribution in [3.63, 3.8) is 0 Å². The normalized spacial score (nSPS) is 12.0. The topological polar surface area (TPSA) is 58.1 Å². The Labute approximate surface area is 194 Å². The van der Waals surface area contributed by atoms with Crippen LogP contribution in [0.3, 0.4) is 0 Å². The van der Waals surface area contributed by atoms with Gasteiger partial charge in [-0.15, -0.1) is 10.2 Å². The smallest absolute Gasteiger partial charge is 0.286 e. The van der Waals surface area contributed by atoms with Gasteiger partial charge in [0.1, 0.15) is 10.8 Å². The van der Waals surface area contributed by atoms with E-state index in [1.165, 1.54) is 23.5 Å². The highest BCUT2D eigenvalue weighted by atomic mass is 35.5. The molecule has 0 aliphatic heterocycles. The Morgan fingerprint density at radius 3 is 2.34 bits per heavy atom. The number of halogens is 2. The summed E-state index contributed by atoms with van der Waals surface area (Å²) in [5.74, 6) is -0.597. The van der Waals surface area contributed by atoms with Crippen LogP contribution < -0.4 is 5.32 Å². The number of benzene rings is 3. The molecule has 0 aliphatic carbocycles. The molecular formula is C24H20ClFN4OS. The van der Waals surface area contributed by atoms with E-state index in [0.717, 1.165) is 11.1 Å². The molecule has 8 heteroatoms. The number of hydrogen-bond acceptors (Lipinski definition) is 5. The molecule has 5 nitrogen and oxygen atoms in total. The molecule has 0 saturated heterocycles. The number of nitrogens with one attached hydrogen (secondary N) is 1. The van der Waals surface area contributed by atoms with E-state index in [4.69, 9.17) is 11.6 Å². The summed E-state index contributed by atoms with van der Waals surface area (Å²) in [6, 6.07) is 23.2. The van der Waals surface area contributed by atoms with Crippen molar-refractivity contribution < 1.29 is 9.18 Å². The predicted molar refractivity (Wildman–Crippen MR) is 125 cm³/mol. The molecule has 3 aromatic carbocycles. The number of anilines is 1. The second-order valence-corrected chi connectivity index (χ2v) is 8.74. The zero-order valence-electron chi connectivity index (χ0n) is 17.2. The standard InChI is InChI=1S/C24H20ClFN4OS/c1-30(22(16-5-3-2-4-6-16)17-7-11-19(26)12-8-17)15-21-28-29-24(32-21)23(31)27-20-13-9-18(25)10-14-20/h2-14,22H,15H2,1H3,(H,27,31). The Morgan fingerprint density at radius 2 is 1.66 bits per heavy atom.